The summed E-state index contributed by atoms with van der Waals surface area (Å²) in [7, 11) is 0. The topological polar surface area (TPSA) is 96.1 Å². The first-order valence-corrected chi connectivity index (χ1v) is 10.8. The number of para-hydroxylation sites is 1. The number of pyridine rings is 1. The zero-order valence-electron chi connectivity index (χ0n) is 18.4. The number of fused-ring (bicyclic) bond motifs is 1. The van der Waals surface area contributed by atoms with Crippen molar-refractivity contribution in [2.24, 2.45) is 0 Å². The molecule has 1 amide bonds. The normalized spacial score (nSPS) is 13.6. The van der Waals surface area contributed by atoms with E-state index in [4.69, 9.17) is 0 Å². The van der Waals surface area contributed by atoms with Crippen LogP contribution < -0.4 is 10.6 Å². The summed E-state index contributed by atoms with van der Waals surface area (Å²) >= 11 is 0. The average Bonchev–Trinajstić information content (AvgIpc) is 3.19. The number of benzene rings is 1. The maximum atomic E-state index is 12.9. The quantitative estimate of drug-likeness (QED) is 0.359. The first kappa shape index (κ1) is 24.4. The number of Topliss-reactive ketones (excluding diaryl/α,β-unsaturated/α-hetero) is 1. The number of H-pyrrole nitrogens is 1. The number of hydrogen-bond acceptors (Lipinski definition) is 5. The number of rotatable bonds is 9. The second-order valence-corrected chi connectivity index (χ2v) is 8.03. The van der Waals surface area contributed by atoms with Crippen molar-refractivity contribution in [1.82, 2.24) is 9.97 Å². The van der Waals surface area contributed by atoms with E-state index in [-0.39, 0.29) is 11.6 Å². The number of ether oxygens (including phenoxy) is 1. The molecule has 1 aliphatic rings. The summed E-state index contributed by atoms with van der Waals surface area (Å²) in [5, 5.41) is 5.71. The summed E-state index contributed by atoms with van der Waals surface area (Å²) in [5.74, 6) is -5.05. The second kappa shape index (κ2) is 10.3. The lowest BCUT2D eigenvalue weighted by atomic mass is 9.95. The van der Waals surface area contributed by atoms with E-state index in [2.05, 4.69) is 25.3 Å². The van der Waals surface area contributed by atoms with Crippen molar-refractivity contribution in [1.29, 1.82) is 0 Å². The van der Waals surface area contributed by atoms with Gasteiger partial charge in [-0.3, -0.25) is 9.59 Å². The highest BCUT2D eigenvalue weighted by molar-refractivity contribution is 6.07. The van der Waals surface area contributed by atoms with Crippen LogP contribution >= 0.6 is 0 Å². The third-order valence-corrected chi connectivity index (χ3v) is 5.39. The highest BCUT2D eigenvalue weighted by atomic mass is 19.3. The van der Waals surface area contributed by atoms with Crippen LogP contribution in [0.4, 0.5) is 34.8 Å². The Labute approximate surface area is 197 Å². The van der Waals surface area contributed by atoms with Crippen LogP contribution in [0, 0.1) is 0 Å². The predicted octanol–water partition coefficient (Wildman–Crippen LogP) is 5.19. The summed E-state index contributed by atoms with van der Waals surface area (Å²) in [5.41, 5.74) is 4.03. The van der Waals surface area contributed by atoms with Gasteiger partial charge in [-0.05, 0) is 37.1 Å². The van der Waals surface area contributed by atoms with Gasteiger partial charge in [-0.15, -0.1) is 0 Å². The van der Waals surface area contributed by atoms with E-state index in [0.717, 1.165) is 17.8 Å². The molecule has 0 atom stereocenters. The minimum absolute atomic E-state index is 0.0208. The van der Waals surface area contributed by atoms with Gasteiger partial charge in [0.2, 0.25) is 0 Å². The van der Waals surface area contributed by atoms with Gasteiger partial charge < -0.3 is 20.4 Å². The molecular weight excluding hydrogens is 468 g/mol. The molecule has 0 spiro atoms. The van der Waals surface area contributed by atoms with Crippen LogP contribution in [0.15, 0.2) is 48.7 Å². The largest absolute Gasteiger partial charge is 0.365 e. The highest BCUT2D eigenvalue weighted by Crippen LogP contribution is 2.39. The zero-order valence-corrected chi connectivity index (χ0v) is 18.4. The van der Waals surface area contributed by atoms with E-state index in [1.807, 2.05) is 30.3 Å². The van der Waals surface area contributed by atoms with E-state index in [1.165, 1.54) is 6.20 Å². The number of aromatic nitrogens is 2. The molecule has 0 saturated carbocycles. The lowest BCUT2D eigenvalue weighted by Gasteiger charge is -2.15. The van der Waals surface area contributed by atoms with E-state index < -0.39 is 31.5 Å². The van der Waals surface area contributed by atoms with Crippen molar-refractivity contribution in [3.63, 3.8) is 0 Å². The first-order valence-electron chi connectivity index (χ1n) is 10.8. The molecule has 3 N–H and O–H groups in total. The minimum atomic E-state index is -4.34. The molecule has 1 aliphatic carbocycles. The molecule has 11 heteroatoms. The monoisotopic (exact) mass is 490 g/mol. The number of carbonyl (C=O) groups is 2. The fraction of sp³-hybridized carbons (Fsp3) is 0.292. The van der Waals surface area contributed by atoms with Gasteiger partial charge in [0.25, 0.3) is 5.91 Å². The average molecular weight is 490 g/mol. The number of nitrogens with zero attached hydrogens (tertiary/aromatic N) is 1. The van der Waals surface area contributed by atoms with Crippen LogP contribution in [-0.4, -0.2) is 47.2 Å². The molecule has 3 aromatic rings. The standard InChI is InChI=1S/C24H22F4N4O3/c25-23(26)24(27,28)13-35-12-19(34)32-18-11-14(9-10-29-18)21-22(30-15-5-2-1-3-6-15)20-16(31-21)7-4-8-17(20)33/h1-3,5-6,9-11,23,30-31H,4,7-8,12-13H2,(H,29,32,34). The van der Waals surface area contributed by atoms with Gasteiger partial charge in [0.05, 0.1) is 16.9 Å². The van der Waals surface area contributed by atoms with Crippen LogP contribution in [0.1, 0.15) is 28.9 Å². The third-order valence-electron chi connectivity index (χ3n) is 5.39. The Morgan fingerprint density at radius 1 is 1.17 bits per heavy atom. The van der Waals surface area contributed by atoms with Crippen molar-refractivity contribution in [2.75, 3.05) is 23.8 Å². The molecule has 35 heavy (non-hydrogen) atoms. The number of amides is 1. The molecule has 0 radical (unpaired) electrons. The van der Waals surface area contributed by atoms with Crippen LogP contribution in [-0.2, 0) is 16.0 Å². The molecule has 0 unspecified atom stereocenters. The molecule has 2 aromatic heterocycles. The maximum Gasteiger partial charge on any atom is 0.330 e. The maximum absolute atomic E-state index is 12.9. The fourth-order valence-corrected chi connectivity index (χ4v) is 3.78. The van der Waals surface area contributed by atoms with Gasteiger partial charge in [-0.2, -0.15) is 8.78 Å². The Balaban J connectivity index is 1.55. The van der Waals surface area contributed by atoms with E-state index >= 15 is 0 Å². The Bertz CT molecular complexity index is 1210. The predicted molar refractivity (Wildman–Crippen MR) is 121 cm³/mol. The number of anilines is 3. The van der Waals surface area contributed by atoms with E-state index in [1.54, 1.807) is 12.1 Å². The third kappa shape index (κ3) is 5.68. The second-order valence-electron chi connectivity index (χ2n) is 8.03. The molecular formula is C24H22F4N4O3. The van der Waals surface area contributed by atoms with Crippen LogP contribution in [0.25, 0.3) is 11.3 Å². The molecule has 1 aromatic carbocycles. The summed E-state index contributed by atoms with van der Waals surface area (Å²) in [6.07, 6.45) is -0.569. The summed E-state index contributed by atoms with van der Waals surface area (Å²) in [4.78, 5) is 32.1. The van der Waals surface area contributed by atoms with E-state index in [0.29, 0.717) is 35.3 Å². The molecule has 4 rings (SSSR count). The zero-order chi connectivity index (χ0) is 25.0. The van der Waals surface area contributed by atoms with Crippen LogP contribution in [0.3, 0.4) is 0 Å². The molecule has 7 nitrogen and oxygen atoms in total. The van der Waals surface area contributed by atoms with Gasteiger partial charge in [0.15, 0.2) is 5.78 Å². The summed E-state index contributed by atoms with van der Waals surface area (Å²) in [6.45, 7) is -2.43. The van der Waals surface area contributed by atoms with Crippen molar-refractivity contribution in [3.05, 3.63) is 59.9 Å². The Kier molecular flexibility index (Phi) is 7.15. The lowest BCUT2D eigenvalue weighted by molar-refractivity contribution is -0.167. The van der Waals surface area contributed by atoms with Gasteiger partial charge in [-0.1, -0.05) is 18.2 Å². The number of carbonyl (C=O) groups excluding carboxylic acids is 2. The summed E-state index contributed by atoms with van der Waals surface area (Å²) < 4.78 is 54.7. The number of halogens is 4. The van der Waals surface area contributed by atoms with Gasteiger partial charge in [0, 0.05) is 29.6 Å². The SMILES string of the molecule is O=C(COCC(F)(F)C(F)F)Nc1cc(-c2[nH]c3c(c2Nc2ccccc2)C(=O)CCC3)ccn1. The number of nitrogens with one attached hydrogen (secondary N) is 3. The fourth-order valence-electron chi connectivity index (χ4n) is 3.78. The van der Waals surface area contributed by atoms with Crippen LogP contribution in [0.2, 0.25) is 0 Å². The molecule has 184 valence electrons. The number of ketones is 1. The van der Waals surface area contributed by atoms with E-state index in [9.17, 15) is 27.2 Å². The molecule has 0 saturated heterocycles. The number of aromatic amines is 1. The minimum Gasteiger partial charge on any atom is -0.365 e. The summed E-state index contributed by atoms with van der Waals surface area (Å²) in [6, 6.07) is 12.6. The van der Waals surface area contributed by atoms with Gasteiger partial charge >= 0.3 is 12.3 Å². The lowest BCUT2D eigenvalue weighted by Crippen LogP contribution is -2.34. The Hall–Kier alpha value is -3.73. The Morgan fingerprint density at radius 2 is 1.94 bits per heavy atom. The van der Waals surface area contributed by atoms with Crippen molar-refractivity contribution in [2.45, 2.75) is 31.6 Å². The number of alkyl halides is 4. The number of aryl methyl sites for hydroxylation is 1. The van der Waals surface area contributed by atoms with Crippen molar-refractivity contribution < 1.29 is 31.9 Å². The molecule has 0 bridgehead atoms. The van der Waals surface area contributed by atoms with Gasteiger partial charge in [0.1, 0.15) is 19.0 Å². The van der Waals surface area contributed by atoms with Gasteiger partial charge in [-0.25, -0.2) is 13.8 Å². The molecule has 0 aliphatic heterocycles. The van der Waals surface area contributed by atoms with Crippen molar-refractivity contribution >= 4 is 28.9 Å². The molecule has 2 heterocycles. The smallest absolute Gasteiger partial charge is 0.330 e. The molecule has 0 fully saturated rings. The van der Waals surface area contributed by atoms with Crippen molar-refractivity contribution in [3.8, 4) is 11.3 Å². The number of hydrogen-bond donors (Lipinski definition) is 3. The highest BCUT2D eigenvalue weighted by Gasteiger charge is 2.41. The van der Waals surface area contributed by atoms with Crippen LogP contribution in [0.5, 0.6) is 0 Å². The first-order chi connectivity index (χ1) is 16.7. The Morgan fingerprint density at radius 3 is 2.69 bits per heavy atom.